The van der Waals surface area contributed by atoms with Gasteiger partial charge in [0.1, 0.15) is 11.3 Å². The average Bonchev–Trinajstić information content (AvgIpc) is 2.67. The lowest BCUT2D eigenvalue weighted by atomic mass is 9.84. The summed E-state index contributed by atoms with van der Waals surface area (Å²) >= 11 is 0. The van der Waals surface area contributed by atoms with Gasteiger partial charge in [0.05, 0.1) is 18.1 Å². The van der Waals surface area contributed by atoms with Gasteiger partial charge < -0.3 is 24.7 Å². The van der Waals surface area contributed by atoms with Crippen molar-refractivity contribution in [3.8, 4) is 5.75 Å². The number of esters is 1. The van der Waals surface area contributed by atoms with Gasteiger partial charge in [-0.1, -0.05) is 0 Å². The Morgan fingerprint density at radius 2 is 2.03 bits per heavy atom. The Kier molecular flexibility index (Phi) is 6.03. The summed E-state index contributed by atoms with van der Waals surface area (Å²) in [4.78, 5) is 32.3. The molecule has 0 saturated carbocycles. The standard InChI is InChI=1S/C21H26N4O4/c1-5-28-21(27)18-16(14-6-8-23-9-7-14)17-15(29-19(18)22)12-13(2)25(20(17)26)11-10-24(3)4/h6-9,12,16H,5,10-11,22H2,1-4H3. The molecule has 0 amide bonds. The maximum atomic E-state index is 13.5. The zero-order chi connectivity index (χ0) is 21.1. The number of pyridine rings is 2. The van der Waals surface area contributed by atoms with Gasteiger partial charge in [-0.3, -0.25) is 9.78 Å². The van der Waals surface area contributed by atoms with Crippen LogP contribution < -0.4 is 16.0 Å². The number of aromatic nitrogens is 2. The van der Waals surface area contributed by atoms with Crippen molar-refractivity contribution < 1.29 is 14.3 Å². The van der Waals surface area contributed by atoms with Crippen LogP contribution in [0.4, 0.5) is 0 Å². The lowest BCUT2D eigenvalue weighted by Gasteiger charge is -2.29. The lowest BCUT2D eigenvalue weighted by Crippen LogP contribution is -2.36. The van der Waals surface area contributed by atoms with Crippen LogP contribution in [0.5, 0.6) is 5.75 Å². The van der Waals surface area contributed by atoms with Crippen LogP contribution in [0.25, 0.3) is 0 Å². The molecule has 3 rings (SSSR count). The molecule has 2 N–H and O–H groups in total. The van der Waals surface area contributed by atoms with Crippen LogP contribution in [0.1, 0.15) is 29.7 Å². The van der Waals surface area contributed by atoms with E-state index in [0.717, 1.165) is 11.3 Å². The Morgan fingerprint density at radius 1 is 1.34 bits per heavy atom. The summed E-state index contributed by atoms with van der Waals surface area (Å²) in [5, 5.41) is 0. The molecule has 1 atom stereocenters. The molecule has 2 aromatic heterocycles. The molecule has 0 aromatic carbocycles. The van der Waals surface area contributed by atoms with E-state index in [-0.39, 0.29) is 23.6 Å². The number of ether oxygens (including phenoxy) is 2. The van der Waals surface area contributed by atoms with Crippen LogP contribution in [0, 0.1) is 6.92 Å². The van der Waals surface area contributed by atoms with Gasteiger partial charge in [-0.25, -0.2) is 4.79 Å². The molecule has 0 saturated heterocycles. The van der Waals surface area contributed by atoms with Gasteiger partial charge in [0, 0.05) is 37.2 Å². The summed E-state index contributed by atoms with van der Waals surface area (Å²) in [6.45, 7) is 4.96. The molecule has 154 valence electrons. The fourth-order valence-electron chi connectivity index (χ4n) is 3.46. The number of nitrogens with zero attached hydrogens (tertiary/aromatic N) is 3. The molecule has 2 aromatic rings. The number of likely N-dealkylation sites (N-methyl/N-ethyl adjacent to an activating group) is 1. The third kappa shape index (κ3) is 4.02. The molecule has 1 aliphatic heterocycles. The van der Waals surface area contributed by atoms with Crippen molar-refractivity contribution in [3.63, 3.8) is 0 Å². The first-order chi connectivity index (χ1) is 13.8. The van der Waals surface area contributed by atoms with Gasteiger partial charge >= 0.3 is 5.97 Å². The number of nitrogens with two attached hydrogens (primary N) is 1. The summed E-state index contributed by atoms with van der Waals surface area (Å²) in [5.41, 5.74) is 7.89. The SMILES string of the molecule is CCOC(=O)C1=C(N)Oc2cc(C)n(CCN(C)C)c(=O)c2C1c1ccncc1. The maximum Gasteiger partial charge on any atom is 0.340 e. The Morgan fingerprint density at radius 3 is 2.66 bits per heavy atom. The quantitative estimate of drug-likeness (QED) is 0.734. The third-order valence-electron chi connectivity index (χ3n) is 4.88. The molecule has 1 aliphatic rings. The molecule has 29 heavy (non-hydrogen) atoms. The van der Waals surface area contributed by atoms with Crippen molar-refractivity contribution in [1.82, 2.24) is 14.5 Å². The number of aryl methyl sites for hydroxylation is 1. The van der Waals surface area contributed by atoms with Crippen molar-refractivity contribution >= 4 is 5.97 Å². The zero-order valence-electron chi connectivity index (χ0n) is 17.1. The highest BCUT2D eigenvalue weighted by atomic mass is 16.5. The summed E-state index contributed by atoms with van der Waals surface area (Å²) in [7, 11) is 3.90. The van der Waals surface area contributed by atoms with Gasteiger partial charge in [-0.05, 0) is 45.6 Å². The largest absolute Gasteiger partial charge is 0.462 e. The summed E-state index contributed by atoms with van der Waals surface area (Å²) in [6.07, 6.45) is 3.23. The average molecular weight is 398 g/mol. The number of hydrogen-bond donors (Lipinski definition) is 1. The molecule has 0 aliphatic carbocycles. The molecule has 8 heteroatoms. The molecule has 0 bridgehead atoms. The fourth-order valence-corrected chi connectivity index (χ4v) is 3.46. The van der Waals surface area contributed by atoms with E-state index >= 15 is 0 Å². The first-order valence-corrected chi connectivity index (χ1v) is 9.48. The molecular weight excluding hydrogens is 372 g/mol. The van der Waals surface area contributed by atoms with Crippen LogP contribution in [-0.4, -0.2) is 47.7 Å². The minimum absolute atomic E-state index is 0.0531. The molecule has 0 fully saturated rings. The number of rotatable bonds is 6. The van der Waals surface area contributed by atoms with E-state index in [9.17, 15) is 9.59 Å². The van der Waals surface area contributed by atoms with Gasteiger partial charge in [0.2, 0.25) is 5.88 Å². The minimum atomic E-state index is -0.695. The topological polar surface area (TPSA) is 99.7 Å². The molecule has 3 heterocycles. The predicted molar refractivity (Wildman–Crippen MR) is 109 cm³/mol. The van der Waals surface area contributed by atoms with E-state index in [1.54, 1.807) is 42.1 Å². The number of fused-ring (bicyclic) bond motifs is 1. The normalized spacial score (nSPS) is 15.8. The molecule has 1 unspecified atom stereocenters. The number of hydrogen-bond acceptors (Lipinski definition) is 7. The van der Waals surface area contributed by atoms with Crippen molar-refractivity contribution in [1.29, 1.82) is 0 Å². The van der Waals surface area contributed by atoms with E-state index in [4.69, 9.17) is 15.2 Å². The minimum Gasteiger partial charge on any atom is -0.462 e. The van der Waals surface area contributed by atoms with Crippen LogP contribution in [0.3, 0.4) is 0 Å². The molecule has 0 radical (unpaired) electrons. The van der Waals surface area contributed by atoms with Crippen LogP contribution in [-0.2, 0) is 16.1 Å². The van der Waals surface area contributed by atoms with Gasteiger partial charge in [0.15, 0.2) is 0 Å². The predicted octanol–water partition coefficient (Wildman–Crippen LogP) is 1.37. The van der Waals surface area contributed by atoms with Crippen molar-refractivity contribution in [2.75, 3.05) is 27.2 Å². The summed E-state index contributed by atoms with van der Waals surface area (Å²) in [6, 6.07) is 5.31. The monoisotopic (exact) mass is 398 g/mol. The summed E-state index contributed by atoms with van der Waals surface area (Å²) < 4.78 is 12.6. The van der Waals surface area contributed by atoms with Gasteiger partial charge in [0.25, 0.3) is 5.56 Å². The van der Waals surface area contributed by atoms with E-state index in [2.05, 4.69) is 4.98 Å². The zero-order valence-corrected chi connectivity index (χ0v) is 17.1. The van der Waals surface area contributed by atoms with Gasteiger partial charge in [-0.15, -0.1) is 0 Å². The van der Waals surface area contributed by atoms with Crippen molar-refractivity contribution in [2.24, 2.45) is 5.73 Å². The molecular formula is C21H26N4O4. The van der Waals surface area contributed by atoms with Crippen molar-refractivity contribution in [3.05, 3.63) is 69.2 Å². The second kappa shape index (κ2) is 8.48. The molecule has 0 spiro atoms. The van der Waals surface area contributed by atoms with Crippen molar-refractivity contribution in [2.45, 2.75) is 26.3 Å². The highest BCUT2D eigenvalue weighted by molar-refractivity contribution is 5.92. The van der Waals surface area contributed by atoms with Crippen LogP contribution in [0.2, 0.25) is 0 Å². The first-order valence-electron chi connectivity index (χ1n) is 9.48. The van der Waals surface area contributed by atoms with E-state index < -0.39 is 11.9 Å². The second-order valence-electron chi connectivity index (χ2n) is 7.14. The highest BCUT2D eigenvalue weighted by Crippen LogP contribution is 2.41. The van der Waals surface area contributed by atoms with E-state index in [1.807, 2.05) is 25.9 Å². The Balaban J connectivity index is 2.23. The Labute approximate surface area is 169 Å². The first kappa shape index (κ1) is 20.6. The van der Waals surface area contributed by atoms with Crippen LogP contribution >= 0.6 is 0 Å². The fraction of sp³-hybridized carbons (Fsp3) is 0.381. The third-order valence-corrected chi connectivity index (χ3v) is 4.88. The van der Waals surface area contributed by atoms with E-state index in [1.165, 1.54) is 0 Å². The number of carbonyl (C=O) groups excluding carboxylic acids is 1. The maximum absolute atomic E-state index is 13.5. The lowest BCUT2D eigenvalue weighted by molar-refractivity contribution is -0.139. The van der Waals surface area contributed by atoms with Gasteiger partial charge in [-0.2, -0.15) is 0 Å². The number of carbonyl (C=O) groups is 1. The highest BCUT2D eigenvalue weighted by Gasteiger charge is 2.38. The Hall–Kier alpha value is -3.13. The molecule has 8 nitrogen and oxygen atoms in total. The van der Waals surface area contributed by atoms with Crippen LogP contribution in [0.15, 0.2) is 46.8 Å². The van der Waals surface area contributed by atoms with E-state index in [0.29, 0.717) is 24.4 Å². The smallest absolute Gasteiger partial charge is 0.340 e. The summed E-state index contributed by atoms with van der Waals surface area (Å²) in [5.74, 6) is -0.986. The Bertz CT molecular complexity index is 996. The second-order valence-corrected chi connectivity index (χ2v) is 7.14.